The molecule has 0 saturated heterocycles. The molecule has 110 valence electrons. The molecule has 0 bridgehead atoms. The standard InChI is InChI=1S/C15H19F2NO2/c1-5-6-20-14-12(16)7-11(8-13(14)17)15(19)18-10(4)9(2)3/h5-10H,1-4H3,(H,18,19)/b6-5-. The highest BCUT2D eigenvalue weighted by Crippen LogP contribution is 2.23. The van der Waals surface area contributed by atoms with Crippen LogP contribution in [0.3, 0.4) is 0 Å². The first kappa shape index (κ1) is 16.1. The third-order valence-electron chi connectivity index (χ3n) is 2.94. The molecule has 1 atom stereocenters. The van der Waals surface area contributed by atoms with E-state index < -0.39 is 23.3 Å². The highest BCUT2D eigenvalue weighted by molar-refractivity contribution is 5.94. The zero-order valence-corrected chi connectivity index (χ0v) is 12.0. The molecule has 1 N–H and O–H groups in total. The largest absolute Gasteiger partial charge is 0.459 e. The fraction of sp³-hybridized carbons (Fsp3) is 0.400. The van der Waals surface area contributed by atoms with Gasteiger partial charge in [-0.25, -0.2) is 8.78 Å². The van der Waals surface area contributed by atoms with Crippen LogP contribution in [0.5, 0.6) is 5.75 Å². The topological polar surface area (TPSA) is 38.3 Å². The summed E-state index contributed by atoms with van der Waals surface area (Å²) in [5.41, 5.74) is -0.0691. The van der Waals surface area contributed by atoms with Crippen molar-refractivity contribution in [2.45, 2.75) is 33.7 Å². The van der Waals surface area contributed by atoms with Crippen LogP contribution in [0.15, 0.2) is 24.5 Å². The fourth-order valence-electron chi connectivity index (χ4n) is 1.40. The van der Waals surface area contributed by atoms with E-state index in [1.54, 1.807) is 6.92 Å². The summed E-state index contributed by atoms with van der Waals surface area (Å²) in [4.78, 5) is 11.9. The zero-order valence-electron chi connectivity index (χ0n) is 12.0. The van der Waals surface area contributed by atoms with Crippen molar-refractivity contribution in [3.05, 3.63) is 41.7 Å². The molecule has 0 heterocycles. The van der Waals surface area contributed by atoms with Gasteiger partial charge < -0.3 is 10.1 Å². The number of allylic oxidation sites excluding steroid dienone is 1. The Bertz CT molecular complexity index is 490. The van der Waals surface area contributed by atoms with E-state index in [1.807, 2.05) is 20.8 Å². The minimum Gasteiger partial charge on any atom is -0.459 e. The molecule has 3 nitrogen and oxygen atoms in total. The maximum atomic E-state index is 13.7. The predicted octanol–water partition coefficient (Wildman–Crippen LogP) is 3.65. The van der Waals surface area contributed by atoms with Gasteiger partial charge in [-0.1, -0.05) is 19.9 Å². The lowest BCUT2D eigenvalue weighted by atomic mass is 10.1. The molecule has 5 heteroatoms. The van der Waals surface area contributed by atoms with Gasteiger partial charge in [-0.15, -0.1) is 0 Å². The highest BCUT2D eigenvalue weighted by Gasteiger charge is 2.18. The summed E-state index contributed by atoms with van der Waals surface area (Å²) in [6, 6.07) is 1.83. The minimum absolute atomic E-state index is 0.0691. The Labute approximate surface area is 117 Å². The van der Waals surface area contributed by atoms with Gasteiger partial charge in [-0.2, -0.15) is 0 Å². The Morgan fingerprint density at radius 2 is 1.80 bits per heavy atom. The fourth-order valence-corrected chi connectivity index (χ4v) is 1.40. The van der Waals surface area contributed by atoms with E-state index in [9.17, 15) is 13.6 Å². The minimum atomic E-state index is -0.912. The van der Waals surface area contributed by atoms with Crippen molar-refractivity contribution < 1.29 is 18.3 Å². The summed E-state index contributed by atoms with van der Waals surface area (Å²) in [5.74, 6) is -2.63. The number of benzene rings is 1. The second-order valence-electron chi connectivity index (χ2n) is 4.86. The van der Waals surface area contributed by atoms with Gasteiger partial charge in [0.15, 0.2) is 17.4 Å². The molecule has 0 saturated carbocycles. The molecule has 0 fully saturated rings. The number of nitrogens with one attached hydrogen (secondary N) is 1. The van der Waals surface area contributed by atoms with E-state index >= 15 is 0 Å². The van der Waals surface area contributed by atoms with Gasteiger partial charge >= 0.3 is 0 Å². The summed E-state index contributed by atoms with van der Waals surface area (Å²) in [6.07, 6.45) is 2.67. The molecule has 1 amide bonds. The van der Waals surface area contributed by atoms with Crippen molar-refractivity contribution in [1.82, 2.24) is 5.32 Å². The monoisotopic (exact) mass is 283 g/mol. The Morgan fingerprint density at radius 3 is 2.25 bits per heavy atom. The lowest BCUT2D eigenvalue weighted by Gasteiger charge is -2.17. The SMILES string of the molecule is C/C=C\Oc1c(F)cc(C(=O)NC(C)C(C)C)cc1F. The van der Waals surface area contributed by atoms with Gasteiger partial charge in [0, 0.05) is 11.6 Å². The van der Waals surface area contributed by atoms with Gasteiger partial charge in [-0.3, -0.25) is 4.79 Å². The maximum Gasteiger partial charge on any atom is 0.251 e. The molecule has 0 spiro atoms. The summed E-state index contributed by atoms with van der Waals surface area (Å²) < 4.78 is 32.2. The highest BCUT2D eigenvalue weighted by atomic mass is 19.1. The Kier molecular flexibility index (Phi) is 5.67. The average molecular weight is 283 g/mol. The second-order valence-corrected chi connectivity index (χ2v) is 4.86. The van der Waals surface area contributed by atoms with E-state index in [1.165, 1.54) is 12.3 Å². The molecule has 0 aliphatic carbocycles. The average Bonchev–Trinajstić information content (AvgIpc) is 2.37. The van der Waals surface area contributed by atoms with Crippen molar-refractivity contribution in [1.29, 1.82) is 0 Å². The number of hydrogen-bond donors (Lipinski definition) is 1. The lowest BCUT2D eigenvalue weighted by molar-refractivity contribution is 0.0929. The van der Waals surface area contributed by atoms with Crippen molar-refractivity contribution >= 4 is 5.91 Å². The number of ether oxygens (including phenoxy) is 1. The van der Waals surface area contributed by atoms with Crippen LogP contribution in [0.25, 0.3) is 0 Å². The molecule has 0 radical (unpaired) electrons. The van der Waals surface area contributed by atoms with Crippen molar-refractivity contribution in [2.75, 3.05) is 0 Å². The third kappa shape index (κ3) is 4.05. The molecular formula is C15H19F2NO2. The van der Waals surface area contributed by atoms with E-state index in [2.05, 4.69) is 5.32 Å². The molecule has 1 aromatic rings. The molecular weight excluding hydrogens is 264 g/mol. The van der Waals surface area contributed by atoms with Gasteiger partial charge in [0.2, 0.25) is 0 Å². The molecule has 1 rings (SSSR count). The smallest absolute Gasteiger partial charge is 0.251 e. The van der Waals surface area contributed by atoms with Crippen LogP contribution in [0.2, 0.25) is 0 Å². The van der Waals surface area contributed by atoms with Crippen molar-refractivity contribution in [3.8, 4) is 5.75 Å². The van der Waals surface area contributed by atoms with Crippen molar-refractivity contribution in [2.24, 2.45) is 5.92 Å². The first-order chi connectivity index (χ1) is 9.36. The summed E-state index contributed by atoms with van der Waals surface area (Å²) in [5, 5.41) is 2.69. The molecule has 1 aromatic carbocycles. The number of carbonyl (C=O) groups is 1. The third-order valence-corrected chi connectivity index (χ3v) is 2.94. The number of halogens is 2. The van der Waals surface area contributed by atoms with Gasteiger partial charge in [-0.05, 0) is 31.9 Å². The molecule has 1 unspecified atom stereocenters. The zero-order chi connectivity index (χ0) is 15.3. The maximum absolute atomic E-state index is 13.7. The van der Waals surface area contributed by atoms with Crippen LogP contribution in [0.1, 0.15) is 38.1 Å². The van der Waals surface area contributed by atoms with Gasteiger partial charge in [0.05, 0.1) is 6.26 Å². The summed E-state index contributed by atoms with van der Waals surface area (Å²) in [6.45, 7) is 7.38. The van der Waals surface area contributed by atoms with E-state index in [-0.39, 0.29) is 17.5 Å². The van der Waals surface area contributed by atoms with Crippen LogP contribution in [-0.2, 0) is 0 Å². The molecule has 0 aromatic heterocycles. The summed E-state index contributed by atoms with van der Waals surface area (Å²) >= 11 is 0. The van der Waals surface area contributed by atoms with Crippen LogP contribution in [0, 0.1) is 17.6 Å². The van der Waals surface area contributed by atoms with Crippen molar-refractivity contribution in [3.63, 3.8) is 0 Å². The van der Waals surface area contributed by atoms with E-state index in [0.29, 0.717) is 0 Å². The van der Waals surface area contributed by atoms with E-state index in [4.69, 9.17) is 4.74 Å². The van der Waals surface area contributed by atoms with Gasteiger partial charge in [0.1, 0.15) is 0 Å². The van der Waals surface area contributed by atoms with Crippen LogP contribution in [0.4, 0.5) is 8.78 Å². The van der Waals surface area contributed by atoms with Crippen LogP contribution < -0.4 is 10.1 Å². The predicted molar refractivity (Wildman–Crippen MR) is 73.6 cm³/mol. The first-order valence-corrected chi connectivity index (χ1v) is 6.44. The number of amides is 1. The molecule has 0 aliphatic heterocycles. The van der Waals surface area contributed by atoms with E-state index in [0.717, 1.165) is 12.1 Å². The quantitative estimate of drug-likeness (QED) is 0.838. The second kappa shape index (κ2) is 7.03. The van der Waals surface area contributed by atoms with Gasteiger partial charge in [0.25, 0.3) is 5.91 Å². The molecule has 20 heavy (non-hydrogen) atoms. The number of rotatable bonds is 5. The number of hydrogen-bond acceptors (Lipinski definition) is 2. The number of carbonyl (C=O) groups excluding carboxylic acids is 1. The Balaban J connectivity index is 2.95. The van der Waals surface area contributed by atoms with Crippen LogP contribution >= 0.6 is 0 Å². The first-order valence-electron chi connectivity index (χ1n) is 6.44. The summed E-state index contributed by atoms with van der Waals surface area (Å²) in [7, 11) is 0. The Morgan fingerprint density at radius 1 is 1.25 bits per heavy atom. The molecule has 0 aliphatic rings. The lowest BCUT2D eigenvalue weighted by Crippen LogP contribution is -2.36. The van der Waals surface area contributed by atoms with Crippen LogP contribution in [-0.4, -0.2) is 11.9 Å². The Hall–Kier alpha value is -1.91. The normalized spacial score (nSPS) is 12.8.